The lowest BCUT2D eigenvalue weighted by Crippen LogP contribution is -2.46. The molecule has 0 spiro atoms. The molecule has 9 heteroatoms. The van der Waals surface area contributed by atoms with E-state index in [-0.39, 0.29) is 24.7 Å². The van der Waals surface area contributed by atoms with Gasteiger partial charge in [0.25, 0.3) is 0 Å². The van der Waals surface area contributed by atoms with E-state index in [1.54, 1.807) is 0 Å². The van der Waals surface area contributed by atoms with Crippen LogP contribution >= 0.6 is 0 Å². The van der Waals surface area contributed by atoms with E-state index in [1.165, 1.54) is 13.0 Å². The van der Waals surface area contributed by atoms with Crippen LogP contribution in [0, 0.1) is 5.41 Å². The van der Waals surface area contributed by atoms with Crippen molar-refractivity contribution in [1.29, 1.82) is 0 Å². The van der Waals surface area contributed by atoms with Crippen molar-refractivity contribution in [3.05, 3.63) is 23.8 Å². The highest BCUT2D eigenvalue weighted by Gasteiger charge is 2.41. The molecule has 1 aliphatic heterocycles. The van der Waals surface area contributed by atoms with Crippen LogP contribution in [0.1, 0.15) is 12.5 Å². The molecule has 0 radical (unpaired) electrons. The number of hydrogen-bond donors (Lipinski definition) is 1. The Hall–Kier alpha value is -2.45. The second kappa shape index (κ2) is 5.98. The van der Waals surface area contributed by atoms with Crippen LogP contribution in [0.4, 0.5) is 23.7 Å². The number of nitrogens with one attached hydrogen (secondary N) is 1. The predicted octanol–water partition coefficient (Wildman–Crippen LogP) is 2.83. The number of alkyl halides is 3. The average Bonchev–Trinajstić information content (AvgIpc) is 2.49. The summed E-state index contributed by atoms with van der Waals surface area (Å²) in [6.07, 6.45) is -5.52. The minimum absolute atomic E-state index is 0.0544. The summed E-state index contributed by atoms with van der Waals surface area (Å²) in [5, 5.41) is 2.36. The Morgan fingerprint density at radius 3 is 2.43 bits per heavy atom. The molecule has 0 bridgehead atoms. The van der Waals surface area contributed by atoms with E-state index in [9.17, 15) is 22.8 Å². The molecule has 1 saturated heterocycles. The molecule has 126 valence electrons. The molecular formula is C14H14F3NO5. The highest BCUT2D eigenvalue weighted by Crippen LogP contribution is 2.38. The molecule has 1 aromatic carbocycles. The molecule has 0 aliphatic carbocycles. The standard InChI is InChI=1S/C14H14F3NO5/c1-13(6-22-12(20)23-7-13)11(19)18-8-3-4-10(21-2)9(5-8)14(15,16)17/h3-5H,6-7H2,1-2H3,(H,18,19). The van der Waals surface area contributed by atoms with Crippen LogP contribution in [0.5, 0.6) is 5.75 Å². The summed E-state index contributed by atoms with van der Waals surface area (Å²) in [6.45, 7) is 1.03. The zero-order valence-corrected chi connectivity index (χ0v) is 12.3. The number of rotatable bonds is 3. The number of carbonyl (C=O) groups excluding carboxylic acids is 2. The number of amides is 1. The first-order chi connectivity index (χ1) is 10.7. The first kappa shape index (κ1) is 16.9. The van der Waals surface area contributed by atoms with Gasteiger partial charge in [-0.05, 0) is 25.1 Å². The minimum atomic E-state index is -4.63. The van der Waals surface area contributed by atoms with Gasteiger partial charge in [-0.1, -0.05) is 0 Å². The second-order valence-corrected chi connectivity index (χ2v) is 5.25. The number of ether oxygens (including phenoxy) is 3. The Morgan fingerprint density at radius 1 is 1.30 bits per heavy atom. The van der Waals surface area contributed by atoms with E-state index in [2.05, 4.69) is 19.5 Å². The van der Waals surface area contributed by atoms with Crippen molar-refractivity contribution < 1.29 is 37.0 Å². The third-order valence-electron chi connectivity index (χ3n) is 3.33. The fraction of sp³-hybridized carbons (Fsp3) is 0.429. The average molecular weight is 333 g/mol. The molecule has 0 saturated carbocycles. The molecule has 1 fully saturated rings. The second-order valence-electron chi connectivity index (χ2n) is 5.25. The highest BCUT2D eigenvalue weighted by atomic mass is 19.4. The molecule has 0 aromatic heterocycles. The SMILES string of the molecule is COc1ccc(NC(=O)C2(C)COC(=O)OC2)cc1C(F)(F)F. The molecule has 1 N–H and O–H groups in total. The van der Waals surface area contributed by atoms with Crippen LogP contribution < -0.4 is 10.1 Å². The molecule has 2 rings (SSSR count). The highest BCUT2D eigenvalue weighted by molar-refractivity contribution is 5.96. The molecule has 1 heterocycles. The van der Waals surface area contributed by atoms with E-state index in [0.29, 0.717) is 0 Å². The van der Waals surface area contributed by atoms with Gasteiger partial charge in [-0.25, -0.2) is 4.79 Å². The van der Waals surface area contributed by atoms with Crippen LogP contribution in [-0.2, 0) is 20.4 Å². The van der Waals surface area contributed by atoms with Crippen molar-refractivity contribution >= 4 is 17.7 Å². The lowest BCUT2D eigenvalue weighted by Gasteiger charge is -2.30. The number of methoxy groups -OCH3 is 1. The third kappa shape index (κ3) is 3.66. The van der Waals surface area contributed by atoms with Gasteiger partial charge in [0.05, 0.1) is 12.7 Å². The molecule has 6 nitrogen and oxygen atoms in total. The van der Waals surface area contributed by atoms with E-state index >= 15 is 0 Å². The zero-order valence-electron chi connectivity index (χ0n) is 12.3. The van der Waals surface area contributed by atoms with Gasteiger partial charge in [0, 0.05) is 5.69 Å². The first-order valence-corrected chi connectivity index (χ1v) is 6.52. The molecule has 0 atom stereocenters. The van der Waals surface area contributed by atoms with Crippen molar-refractivity contribution in [3.63, 3.8) is 0 Å². The van der Waals surface area contributed by atoms with Gasteiger partial charge in [0.2, 0.25) is 5.91 Å². The Balaban J connectivity index is 2.20. The third-order valence-corrected chi connectivity index (χ3v) is 3.33. The summed E-state index contributed by atoms with van der Waals surface area (Å²) in [5.41, 5.74) is -2.25. The smallest absolute Gasteiger partial charge is 0.496 e. The maximum atomic E-state index is 13.0. The van der Waals surface area contributed by atoms with Gasteiger partial charge >= 0.3 is 12.3 Å². The fourth-order valence-corrected chi connectivity index (χ4v) is 1.94. The van der Waals surface area contributed by atoms with E-state index < -0.39 is 29.2 Å². The van der Waals surface area contributed by atoms with E-state index in [4.69, 9.17) is 0 Å². The topological polar surface area (TPSA) is 73.9 Å². The molecule has 0 unspecified atom stereocenters. The molecular weight excluding hydrogens is 319 g/mol. The van der Waals surface area contributed by atoms with Gasteiger partial charge < -0.3 is 19.5 Å². The fourth-order valence-electron chi connectivity index (χ4n) is 1.94. The summed E-state index contributed by atoms with van der Waals surface area (Å²) >= 11 is 0. The van der Waals surface area contributed by atoms with Crippen LogP contribution in [-0.4, -0.2) is 32.4 Å². The number of cyclic esters (lactones) is 2. The van der Waals surface area contributed by atoms with Crippen molar-refractivity contribution in [2.24, 2.45) is 5.41 Å². The lowest BCUT2D eigenvalue weighted by atomic mass is 9.91. The van der Waals surface area contributed by atoms with Gasteiger partial charge in [-0.2, -0.15) is 13.2 Å². The van der Waals surface area contributed by atoms with Crippen LogP contribution in [0.25, 0.3) is 0 Å². The van der Waals surface area contributed by atoms with Crippen LogP contribution in [0.3, 0.4) is 0 Å². The maximum Gasteiger partial charge on any atom is 0.508 e. The quantitative estimate of drug-likeness (QED) is 0.861. The Bertz CT molecular complexity index is 619. The van der Waals surface area contributed by atoms with Gasteiger partial charge in [-0.15, -0.1) is 0 Å². The number of anilines is 1. The van der Waals surface area contributed by atoms with Crippen LogP contribution in [0.2, 0.25) is 0 Å². The van der Waals surface area contributed by atoms with Gasteiger partial charge in [-0.3, -0.25) is 4.79 Å². The van der Waals surface area contributed by atoms with Crippen molar-refractivity contribution in [2.45, 2.75) is 13.1 Å². The largest absolute Gasteiger partial charge is 0.508 e. The summed E-state index contributed by atoms with van der Waals surface area (Å²) in [4.78, 5) is 23.1. The molecule has 1 amide bonds. The Morgan fingerprint density at radius 2 is 1.91 bits per heavy atom. The first-order valence-electron chi connectivity index (χ1n) is 6.52. The monoisotopic (exact) mass is 333 g/mol. The van der Waals surface area contributed by atoms with E-state index in [1.807, 2.05) is 0 Å². The lowest BCUT2D eigenvalue weighted by molar-refractivity contribution is -0.139. The minimum Gasteiger partial charge on any atom is -0.496 e. The number of benzene rings is 1. The van der Waals surface area contributed by atoms with Gasteiger partial charge in [0.1, 0.15) is 24.4 Å². The summed E-state index contributed by atoms with van der Waals surface area (Å²) in [6, 6.07) is 3.17. The number of hydrogen-bond acceptors (Lipinski definition) is 5. The normalized spacial score (nSPS) is 17.0. The maximum absolute atomic E-state index is 13.0. The number of carbonyl (C=O) groups is 2. The van der Waals surface area contributed by atoms with Gasteiger partial charge in [0.15, 0.2) is 0 Å². The predicted molar refractivity (Wildman–Crippen MR) is 72.0 cm³/mol. The van der Waals surface area contributed by atoms with Crippen LogP contribution in [0.15, 0.2) is 18.2 Å². The summed E-state index contributed by atoms with van der Waals surface area (Å²) in [5.74, 6) is -0.972. The summed E-state index contributed by atoms with van der Waals surface area (Å²) < 4.78 is 52.8. The molecule has 23 heavy (non-hydrogen) atoms. The Labute approximate surface area is 129 Å². The summed E-state index contributed by atoms with van der Waals surface area (Å²) in [7, 11) is 1.12. The zero-order chi connectivity index (χ0) is 17.3. The molecule has 1 aliphatic rings. The van der Waals surface area contributed by atoms with E-state index in [0.717, 1.165) is 19.2 Å². The van der Waals surface area contributed by atoms with Crippen molar-refractivity contribution in [3.8, 4) is 5.75 Å². The van der Waals surface area contributed by atoms with Crippen molar-refractivity contribution in [1.82, 2.24) is 0 Å². The van der Waals surface area contributed by atoms with Crippen molar-refractivity contribution in [2.75, 3.05) is 25.6 Å². The Kier molecular flexibility index (Phi) is 4.39. The molecule has 1 aromatic rings. The number of halogens is 3.